The van der Waals surface area contributed by atoms with E-state index < -0.39 is 0 Å². The topological polar surface area (TPSA) is 60.8 Å². The van der Waals surface area contributed by atoms with Gasteiger partial charge in [-0.05, 0) is 48.1 Å². The SMILES string of the molecule is C=CC1=C(C=C)c2c(C(CC)CCC)c3ccc(C(=O)OC)cc3n2CC(C(=O)N2CCOCC2)=C1. The van der Waals surface area contributed by atoms with Gasteiger partial charge in [0.25, 0.3) is 5.91 Å². The fourth-order valence-corrected chi connectivity index (χ4v) is 5.49. The van der Waals surface area contributed by atoms with Crippen LogP contribution in [0.3, 0.4) is 0 Å². The van der Waals surface area contributed by atoms with Crippen LogP contribution in [-0.2, 0) is 20.8 Å². The molecule has 4 rings (SSSR count). The average molecular weight is 489 g/mol. The van der Waals surface area contributed by atoms with Crippen LogP contribution in [0.25, 0.3) is 16.5 Å². The number of allylic oxidation sites excluding steroid dienone is 5. The third-order valence-corrected chi connectivity index (χ3v) is 7.28. The van der Waals surface area contributed by atoms with Crippen LogP contribution in [0.5, 0.6) is 0 Å². The van der Waals surface area contributed by atoms with E-state index >= 15 is 0 Å². The molecule has 0 saturated carbocycles. The molecule has 6 heteroatoms. The van der Waals surface area contributed by atoms with Crippen molar-refractivity contribution in [2.75, 3.05) is 33.4 Å². The largest absolute Gasteiger partial charge is 0.465 e. The molecule has 1 unspecified atom stereocenters. The van der Waals surface area contributed by atoms with Gasteiger partial charge in [-0.3, -0.25) is 4.79 Å². The van der Waals surface area contributed by atoms with Gasteiger partial charge in [0, 0.05) is 35.1 Å². The Bertz CT molecular complexity index is 1260. The van der Waals surface area contributed by atoms with E-state index in [0.29, 0.717) is 49.9 Å². The van der Waals surface area contributed by atoms with Crippen molar-refractivity contribution in [2.24, 2.45) is 0 Å². The molecule has 2 aromatic rings. The van der Waals surface area contributed by atoms with Gasteiger partial charge >= 0.3 is 5.97 Å². The summed E-state index contributed by atoms with van der Waals surface area (Å²) < 4.78 is 12.7. The highest BCUT2D eigenvalue weighted by atomic mass is 16.5. The van der Waals surface area contributed by atoms with Crippen LogP contribution < -0.4 is 0 Å². The minimum Gasteiger partial charge on any atom is -0.465 e. The quantitative estimate of drug-likeness (QED) is 0.451. The number of benzene rings is 1. The summed E-state index contributed by atoms with van der Waals surface area (Å²) in [6, 6.07) is 5.75. The monoisotopic (exact) mass is 488 g/mol. The molecule has 1 aromatic heterocycles. The lowest BCUT2D eigenvalue weighted by Crippen LogP contribution is -2.41. The number of fused-ring (bicyclic) bond motifs is 3. The number of methoxy groups -OCH3 is 1. The number of morpholine rings is 1. The molecule has 1 fully saturated rings. The Labute approximate surface area is 213 Å². The number of hydrogen-bond donors (Lipinski definition) is 0. The molecule has 6 nitrogen and oxygen atoms in total. The Morgan fingerprint density at radius 1 is 1.17 bits per heavy atom. The molecule has 0 aliphatic carbocycles. The summed E-state index contributed by atoms with van der Waals surface area (Å²) in [6.45, 7) is 15.3. The second-order valence-corrected chi connectivity index (χ2v) is 9.32. The van der Waals surface area contributed by atoms with Crippen molar-refractivity contribution in [3.8, 4) is 0 Å². The smallest absolute Gasteiger partial charge is 0.337 e. The number of esters is 1. The average Bonchev–Trinajstić information content (AvgIpc) is 3.12. The summed E-state index contributed by atoms with van der Waals surface area (Å²) >= 11 is 0. The van der Waals surface area contributed by atoms with Gasteiger partial charge in [-0.15, -0.1) is 0 Å². The van der Waals surface area contributed by atoms with Crippen LogP contribution in [0, 0.1) is 0 Å². The summed E-state index contributed by atoms with van der Waals surface area (Å²) in [4.78, 5) is 28.0. The van der Waals surface area contributed by atoms with E-state index in [2.05, 4.69) is 31.6 Å². The maximum atomic E-state index is 13.7. The Morgan fingerprint density at radius 2 is 1.92 bits per heavy atom. The Balaban J connectivity index is 2.01. The second kappa shape index (κ2) is 11.1. The van der Waals surface area contributed by atoms with Gasteiger partial charge < -0.3 is 18.9 Å². The molecular weight excluding hydrogens is 452 g/mol. The van der Waals surface area contributed by atoms with Crippen molar-refractivity contribution in [1.29, 1.82) is 0 Å². The van der Waals surface area contributed by atoms with Crippen LogP contribution >= 0.6 is 0 Å². The lowest BCUT2D eigenvalue weighted by Gasteiger charge is -2.28. The third-order valence-electron chi connectivity index (χ3n) is 7.28. The van der Waals surface area contributed by atoms with Crippen LogP contribution in [0.1, 0.15) is 60.6 Å². The minimum atomic E-state index is -0.380. The first-order chi connectivity index (χ1) is 17.5. The highest BCUT2D eigenvalue weighted by Gasteiger charge is 2.30. The van der Waals surface area contributed by atoms with E-state index in [1.807, 2.05) is 35.3 Å². The van der Waals surface area contributed by atoms with E-state index in [1.54, 1.807) is 6.08 Å². The summed E-state index contributed by atoms with van der Waals surface area (Å²) in [6.07, 6.45) is 8.72. The van der Waals surface area contributed by atoms with Gasteiger partial charge in [-0.2, -0.15) is 0 Å². The van der Waals surface area contributed by atoms with Gasteiger partial charge in [0.2, 0.25) is 0 Å². The van der Waals surface area contributed by atoms with E-state index in [4.69, 9.17) is 9.47 Å². The Morgan fingerprint density at radius 3 is 2.53 bits per heavy atom. The molecule has 36 heavy (non-hydrogen) atoms. The summed E-state index contributed by atoms with van der Waals surface area (Å²) in [5.41, 5.74) is 6.22. The highest BCUT2D eigenvalue weighted by molar-refractivity contribution is 6.01. The molecule has 190 valence electrons. The van der Waals surface area contributed by atoms with Gasteiger partial charge in [0.05, 0.1) is 38.1 Å². The molecule has 1 atom stereocenters. The number of amides is 1. The number of rotatable bonds is 8. The number of aromatic nitrogens is 1. The molecule has 0 bridgehead atoms. The van der Waals surface area contributed by atoms with Gasteiger partial charge in [0.1, 0.15) is 0 Å². The zero-order chi connectivity index (χ0) is 25.8. The van der Waals surface area contributed by atoms with Crippen LogP contribution in [-0.4, -0.2) is 54.8 Å². The zero-order valence-electron chi connectivity index (χ0n) is 21.6. The second-order valence-electron chi connectivity index (χ2n) is 9.32. The lowest BCUT2D eigenvalue weighted by molar-refractivity contribution is -0.131. The first-order valence-electron chi connectivity index (χ1n) is 12.8. The number of hydrogen-bond acceptors (Lipinski definition) is 4. The fourth-order valence-electron chi connectivity index (χ4n) is 5.49. The molecule has 0 radical (unpaired) electrons. The van der Waals surface area contributed by atoms with Gasteiger partial charge in [-0.25, -0.2) is 4.79 Å². The molecule has 0 spiro atoms. The Hall–Kier alpha value is -3.38. The summed E-state index contributed by atoms with van der Waals surface area (Å²) in [5.74, 6) is -0.0491. The summed E-state index contributed by atoms with van der Waals surface area (Å²) in [7, 11) is 1.39. The molecular formula is C30H36N2O4. The number of carbonyl (C=O) groups excluding carboxylic acids is 2. The highest BCUT2D eigenvalue weighted by Crippen LogP contribution is 2.43. The predicted octanol–water partition coefficient (Wildman–Crippen LogP) is 5.65. The predicted molar refractivity (Wildman–Crippen MR) is 144 cm³/mol. The summed E-state index contributed by atoms with van der Waals surface area (Å²) in [5, 5.41) is 1.10. The molecule has 2 aliphatic heterocycles. The first-order valence-corrected chi connectivity index (χ1v) is 12.8. The maximum Gasteiger partial charge on any atom is 0.337 e. The molecule has 1 amide bonds. The van der Waals surface area contributed by atoms with Crippen LogP contribution in [0.15, 0.2) is 60.7 Å². The van der Waals surface area contributed by atoms with E-state index in [9.17, 15) is 9.59 Å². The third kappa shape index (κ3) is 4.58. The zero-order valence-corrected chi connectivity index (χ0v) is 21.6. The number of nitrogens with zero attached hydrogens (tertiary/aromatic N) is 2. The van der Waals surface area contributed by atoms with Crippen molar-refractivity contribution in [3.05, 3.63) is 77.6 Å². The lowest BCUT2D eigenvalue weighted by atomic mass is 9.87. The van der Waals surface area contributed by atoms with Crippen LogP contribution in [0.4, 0.5) is 0 Å². The van der Waals surface area contributed by atoms with Gasteiger partial charge in [-0.1, -0.05) is 51.6 Å². The van der Waals surface area contributed by atoms with E-state index in [0.717, 1.165) is 47.0 Å². The molecule has 1 saturated heterocycles. The molecule has 1 aromatic carbocycles. The molecule has 3 heterocycles. The number of carbonyl (C=O) groups is 2. The first kappa shape index (κ1) is 25.7. The van der Waals surface area contributed by atoms with Crippen molar-refractivity contribution < 1.29 is 19.1 Å². The van der Waals surface area contributed by atoms with Crippen molar-refractivity contribution in [1.82, 2.24) is 9.47 Å². The van der Waals surface area contributed by atoms with Crippen molar-refractivity contribution in [3.63, 3.8) is 0 Å². The molecule has 2 aliphatic rings. The van der Waals surface area contributed by atoms with Crippen molar-refractivity contribution >= 4 is 28.4 Å². The van der Waals surface area contributed by atoms with E-state index in [1.165, 1.54) is 12.7 Å². The Kier molecular flexibility index (Phi) is 7.94. The molecule has 0 N–H and O–H groups in total. The number of ether oxygens (including phenoxy) is 2. The van der Waals surface area contributed by atoms with Gasteiger partial charge in [0.15, 0.2) is 0 Å². The van der Waals surface area contributed by atoms with Crippen LogP contribution in [0.2, 0.25) is 0 Å². The normalized spacial score (nSPS) is 16.8. The fraction of sp³-hybridized carbons (Fsp3) is 0.400. The standard InChI is InChI=1S/C30H36N2O4/c1-6-10-20(7-2)27-25-12-11-22(30(34)35-5)18-26(25)32-19-23(29(33)31-13-15-36-16-14-31)17-21(8-3)24(9-4)28(27)32/h8-9,11-12,17-18,20H,3-4,6-7,10,13-16,19H2,1-2,5H3. The van der Waals surface area contributed by atoms with E-state index in [-0.39, 0.29) is 11.9 Å². The van der Waals surface area contributed by atoms with Crippen molar-refractivity contribution in [2.45, 2.75) is 45.6 Å². The minimum absolute atomic E-state index is 0.00188. The maximum absolute atomic E-state index is 13.7.